The predicted molar refractivity (Wildman–Crippen MR) is 121 cm³/mol. The molecular weight excluding hydrogens is 426 g/mol. The van der Waals surface area contributed by atoms with Gasteiger partial charge >= 0.3 is 6.16 Å². The summed E-state index contributed by atoms with van der Waals surface area (Å²) in [5.41, 5.74) is 0.526. The van der Waals surface area contributed by atoms with E-state index in [1.165, 1.54) is 0 Å². The molecule has 1 N–H and O–H groups in total. The number of nitrogens with one attached hydrogen (secondary N) is 1. The van der Waals surface area contributed by atoms with Crippen LogP contribution in [0.4, 0.5) is 4.79 Å². The zero-order valence-corrected chi connectivity index (χ0v) is 19.5. The molecule has 3 rings (SSSR count). The second-order valence-electron chi connectivity index (χ2n) is 8.83. The molecule has 0 aromatic heterocycles. The first-order valence-electron chi connectivity index (χ1n) is 11.6. The van der Waals surface area contributed by atoms with Gasteiger partial charge in [-0.1, -0.05) is 0 Å². The normalized spacial score (nSPS) is 19.0. The van der Waals surface area contributed by atoms with E-state index in [1.54, 1.807) is 41.0 Å². The van der Waals surface area contributed by atoms with Crippen molar-refractivity contribution in [3.8, 4) is 5.75 Å². The molecule has 0 saturated carbocycles. The lowest BCUT2D eigenvalue weighted by molar-refractivity contribution is -0.130. The van der Waals surface area contributed by atoms with Crippen LogP contribution in [-0.4, -0.2) is 72.5 Å². The highest BCUT2D eigenvalue weighted by Gasteiger charge is 2.35. The van der Waals surface area contributed by atoms with Gasteiger partial charge in [0.2, 0.25) is 11.8 Å². The lowest BCUT2D eigenvalue weighted by Gasteiger charge is -2.32. The second kappa shape index (κ2) is 11.2. The van der Waals surface area contributed by atoms with Gasteiger partial charge in [-0.05, 0) is 63.8 Å². The first-order chi connectivity index (χ1) is 15.8. The number of nitrogens with zero attached hydrogens (tertiary/aromatic N) is 2. The summed E-state index contributed by atoms with van der Waals surface area (Å²) < 4.78 is 9.74. The van der Waals surface area contributed by atoms with Crippen LogP contribution in [0.25, 0.3) is 0 Å². The molecule has 0 radical (unpaired) electrons. The predicted octanol–water partition coefficient (Wildman–Crippen LogP) is 2.45. The minimum atomic E-state index is -0.775. The second-order valence-corrected chi connectivity index (χ2v) is 8.83. The molecule has 0 bridgehead atoms. The standard InChI is InChI=1S/C24H33N3O6/c1-4-32-24(31)33-20-7-5-18(6-8-20)23(30)26-11-9-17(10-12-26)14-25-22(29)19-13-21(28)27(15-19)16(2)3/h5-8,16-17,19H,4,9-15H2,1-3H3,(H,25,29). The van der Waals surface area contributed by atoms with Gasteiger partial charge in [0.25, 0.3) is 5.91 Å². The van der Waals surface area contributed by atoms with Gasteiger partial charge in [0, 0.05) is 44.2 Å². The minimum absolute atomic E-state index is 0.0393. The molecule has 2 saturated heterocycles. The number of benzene rings is 1. The Balaban J connectivity index is 1.41. The smallest absolute Gasteiger partial charge is 0.434 e. The lowest BCUT2D eigenvalue weighted by atomic mass is 9.95. The molecular formula is C24H33N3O6. The molecule has 1 unspecified atom stereocenters. The molecule has 2 heterocycles. The topological polar surface area (TPSA) is 105 Å². The van der Waals surface area contributed by atoms with Crippen molar-refractivity contribution < 1.29 is 28.7 Å². The first kappa shape index (κ1) is 24.5. The summed E-state index contributed by atoms with van der Waals surface area (Å²) in [4.78, 5) is 52.2. The van der Waals surface area contributed by atoms with Gasteiger partial charge in [-0.25, -0.2) is 4.79 Å². The molecule has 0 aliphatic carbocycles. The van der Waals surface area contributed by atoms with E-state index in [1.807, 2.05) is 13.8 Å². The largest absolute Gasteiger partial charge is 0.513 e. The van der Waals surface area contributed by atoms with E-state index >= 15 is 0 Å². The number of rotatable bonds is 7. The molecule has 2 fully saturated rings. The molecule has 1 atom stereocenters. The Morgan fingerprint density at radius 1 is 1.12 bits per heavy atom. The van der Waals surface area contributed by atoms with Gasteiger partial charge in [-0.15, -0.1) is 0 Å². The minimum Gasteiger partial charge on any atom is -0.434 e. The number of piperidine rings is 1. The number of amides is 3. The fourth-order valence-electron chi connectivity index (χ4n) is 4.23. The summed E-state index contributed by atoms with van der Waals surface area (Å²) in [5, 5.41) is 3.01. The van der Waals surface area contributed by atoms with Crippen molar-refractivity contribution in [3.05, 3.63) is 29.8 Å². The van der Waals surface area contributed by atoms with Crippen molar-refractivity contribution in [2.45, 2.75) is 46.1 Å². The van der Waals surface area contributed by atoms with E-state index in [0.717, 1.165) is 12.8 Å². The summed E-state index contributed by atoms with van der Waals surface area (Å²) in [6, 6.07) is 6.51. The zero-order chi connectivity index (χ0) is 24.0. The van der Waals surface area contributed by atoms with Gasteiger partial charge in [0.15, 0.2) is 0 Å². The zero-order valence-electron chi connectivity index (χ0n) is 19.5. The summed E-state index contributed by atoms with van der Waals surface area (Å²) in [6.07, 6.45) is 1.11. The Morgan fingerprint density at radius 3 is 2.36 bits per heavy atom. The fourth-order valence-corrected chi connectivity index (χ4v) is 4.23. The molecule has 33 heavy (non-hydrogen) atoms. The van der Waals surface area contributed by atoms with Crippen molar-refractivity contribution in [2.75, 3.05) is 32.8 Å². The highest BCUT2D eigenvalue weighted by atomic mass is 16.7. The Morgan fingerprint density at radius 2 is 1.79 bits per heavy atom. The van der Waals surface area contributed by atoms with Crippen LogP contribution in [0.3, 0.4) is 0 Å². The van der Waals surface area contributed by atoms with Crippen LogP contribution in [-0.2, 0) is 14.3 Å². The van der Waals surface area contributed by atoms with Gasteiger partial charge in [-0.2, -0.15) is 0 Å². The summed E-state index contributed by atoms with van der Waals surface area (Å²) in [7, 11) is 0. The summed E-state index contributed by atoms with van der Waals surface area (Å²) in [5.74, 6) is 0.250. The Bertz CT molecular complexity index is 861. The van der Waals surface area contributed by atoms with Crippen LogP contribution in [0.15, 0.2) is 24.3 Å². The number of ether oxygens (including phenoxy) is 2. The lowest BCUT2D eigenvalue weighted by Crippen LogP contribution is -2.42. The number of hydrogen-bond donors (Lipinski definition) is 1. The van der Waals surface area contributed by atoms with E-state index < -0.39 is 6.16 Å². The van der Waals surface area contributed by atoms with Gasteiger partial charge in [0.05, 0.1) is 12.5 Å². The van der Waals surface area contributed by atoms with Crippen molar-refractivity contribution in [2.24, 2.45) is 11.8 Å². The average molecular weight is 460 g/mol. The maximum atomic E-state index is 12.8. The molecule has 1 aromatic carbocycles. The average Bonchev–Trinajstić information content (AvgIpc) is 3.20. The molecule has 9 nitrogen and oxygen atoms in total. The maximum absolute atomic E-state index is 12.8. The summed E-state index contributed by atoms with van der Waals surface area (Å²) in [6.45, 7) is 8.11. The quantitative estimate of drug-likeness (QED) is 0.496. The SMILES string of the molecule is CCOC(=O)Oc1ccc(C(=O)N2CCC(CNC(=O)C3CC(=O)N(C(C)C)C3)CC2)cc1. The first-order valence-corrected chi connectivity index (χ1v) is 11.6. The number of hydrogen-bond acceptors (Lipinski definition) is 6. The summed E-state index contributed by atoms with van der Waals surface area (Å²) >= 11 is 0. The molecule has 3 amide bonds. The molecule has 9 heteroatoms. The van der Waals surface area contributed by atoms with Crippen molar-refractivity contribution in [1.82, 2.24) is 15.1 Å². The highest BCUT2D eigenvalue weighted by Crippen LogP contribution is 2.22. The van der Waals surface area contributed by atoms with E-state index in [9.17, 15) is 19.2 Å². The van der Waals surface area contributed by atoms with Crippen LogP contribution in [0.2, 0.25) is 0 Å². The van der Waals surface area contributed by atoms with Gasteiger partial charge in [0.1, 0.15) is 5.75 Å². The van der Waals surface area contributed by atoms with Crippen LogP contribution in [0.1, 0.15) is 50.4 Å². The number of carbonyl (C=O) groups is 4. The number of likely N-dealkylation sites (tertiary alicyclic amines) is 2. The van der Waals surface area contributed by atoms with Gasteiger partial charge in [-0.3, -0.25) is 14.4 Å². The van der Waals surface area contributed by atoms with Crippen LogP contribution in [0, 0.1) is 11.8 Å². The maximum Gasteiger partial charge on any atom is 0.513 e. The van der Waals surface area contributed by atoms with E-state index in [2.05, 4.69) is 5.32 Å². The monoisotopic (exact) mass is 459 g/mol. The van der Waals surface area contributed by atoms with E-state index in [4.69, 9.17) is 9.47 Å². The van der Waals surface area contributed by atoms with E-state index in [-0.39, 0.29) is 42.7 Å². The third kappa shape index (κ3) is 6.46. The van der Waals surface area contributed by atoms with Crippen LogP contribution >= 0.6 is 0 Å². The Labute approximate surface area is 194 Å². The van der Waals surface area contributed by atoms with Crippen LogP contribution in [0.5, 0.6) is 5.75 Å². The van der Waals surface area contributed by atoms with Crippen molar-refractivity contribution in [3.63, 3.8) is 0 Å². The van der Waals surface area contributed by atoms with Crippen molar-refractivity contribution >= 4 is 23.9 Å². The number of carbonyl (C=O) groups excluding carboxylic acids is 4. The van der Waals surface area contributed by atoms with Gasteiger partial charge < -0.3 is 24.6 Å². The molecule has 0 spiro atoms. The third-order valence-corrected chi connectivity index (χ3v) is 6.18. The van der Waals surface area contributed by atoms with Crippen LogP contribution < -0.4 is 10.1 Å². The Kier molecular flexibility index (Phi) is 8.30. The molecule has 2 aliphatic heterocycles. The van der Waals surface area contributed by atoms with Crippen molar-refractivity contribution in [1.29, 1.82) is 0 Å². The fraction of sp³-hybridized carbons (Fsp3) is 0.583. The molecule has 180 valence electrons. The molecule has 2 aliphatic rings. The molecule has 1 aromatic rings. The highest BCUT2D eigenvalue weighted by molar-refractivity contribution is 5.94. The third-order valence-electron chi connectivity index (χ3n) is 6.18. The Hall–Kier alpha value is -3.10. The van der Waals surface area contributed by atoms with E-state index in [0.29, 0.717) is 43.4 Å².